The van der Waals surface area contributed by atoms with Crippen molar-refractivity contribution in [3.8, 4) is 0 Å². The molecule has 2 amide bonds. The summed E-state index contributed by atoms with van der Waals surface area (Å²) in [4.78, 5) is 37.7. The number of amides is 2. The van der Waals surface area contributed by atoms with E-state index >= 15 is 0 Å². The number of carboxylic acids is 1. The van der Waals surface area contributed by atoms with Crippen LogP contribution in [0.3, 0.4) is 0 Å². The fourth-order valence-corrected chi connectivity index (χ4v) is 4.64. The highest BCUT2D eigenvalue weighted by Crippen LogP contribution is 2.27. The molecule has 3 N–H and O–H groups in total. The zero-order valence-electron chi connectivity index (χ0n) is 20.0. The molecule has 2 aliphatic carbocycles. The van der Waals surface area contributed by atoms with Gasteiger partial charge in [-0.05, 0) is 94.4 Å². The number of rotatable bonds is 6. The summed E-state index contributed by atoms with van der Waals surface area (Å²) in [5.41, 5.74) is 3.70. The fraction of sp³-hybridized carbons (Fsp3) is 0.577. The normalized spacial score (nSPS) is 16.9. The van der Waals surface area contributed by atoms with Crippen molar-refractivity contribution in [1.29, 1.82) is 0 Å². The lowest BCUT2D eigenvalue weighted by Crippen LogP contribution is -2.46. The maximum atomic E-state index is 13.2. The van der Waals surface area contributed by atoms with Crippen molar-refractivity contribution in [3.63, 3.8) is 0 Å². The van der Waals surface area contributed by atoms with Crippen LogP contribution in [-0.4, -0.2) is 34.7 Å². The Morgan fingerprint density at radius 1 is 1.00 bits per heavy atom. The highest BCUT2D eigenvalue weighted by Gasteiger charge is 2.28. The van der Waals surface area contributed by atoms with Crippen LogP contribution < -0.4 is 10.6 Å². The average molecular weight is 457 g/mol. The Morgan fingerprint density at radius 3 is 2.33 bits per heavy atom. The van der Waals surface area contributed by atoms with Gasteiger partial charge in [0.25, 0.3) is 5.91 Å². The van der Waals surface area contributed by atoms with Gasteiger partial charge in [-0.15, -0.1) is 0 Å². The summed E-state index contributed by atoms with van der Waals surface area (Å²) in [5, 5.41) is 15.2. The molecule has 0 spiro atoms. The number of allylic oxidation sites excluding steroid dienone is 1. The van der Waals surface area contributed by atoms with E-state index < -0.39 is 29.6 Å². The number of carbonyl (C=O) groups excluding carboxylic acids is 2. The number of hydrogen-bond acceptors (Lipinski definition) is 4. The van der Waals surface area contributed by atoms with Crippen molar-refractivity contribution in [2.45, 2.75) is 96.6 Å². The van der Waals surface area contributed by atoms with Crippen LogP contribution in [0.5, 0.6) is 0 Å². The van der Waals surface area contributed by atoms with Crippen LogP contribution in [-0.2, 0) is 33.6 Å². The lowest BCUT2D eigenvalue weighted by Gasteiger charge is -2.25. The Bertz CT molecular complexity index is 921. The third kappa shape index (κ3) is 7.07. The van der Waals surface area contributed by atoms with E-state index in [0.29, 0.717) is 12.8 Å². The van der Waals surface area contributed by atoms with Gasteiger partial charge in [0.2, 0.25) is 0 Å². The lowest BCUT2D eigenvalue weighted by molar-refractivity contribution is -0.141. The summed E-state index contributed by atoms with van der Waals surface area (Å²) in [7, 11) is 0. The third-order valence-electron chi connectivity index (χ3n) is 6.18. The maximum Gasteiger partial charge on any atom is 0.412 e. The molecule has 0 bridgehead atoms. The van der Waals surface area contributed by atoms with E-state index in [2.05, 4.69) is 16.7 Å². The first-order valence-electron chi connectivity index (χ1n) is 12.0. The lowest BCUT2D eigenvalue weighted by atomic mass is 9.86. The van der Waals surface area contributed by atoms with Gasteiger partial charge in [0.15, 0.2) is 0 Å². The molecule has 1 saturated carbocycles. The van der Waals surface area contributed by atoms with Gasteiger partial charge in [0.05, 0.1) is 0 Å². The van der Waals surface area contributed by atoms with Crippen LogP contribution in [0.15, 0.2) is 29.5 Å². The number of alkyl carbamates (subject to hydrolysis) is 1. The predicted octanol–water partition coefficient (Wildman–Crippen LogP) is 4.42. The van der Waals surface area contributed by atoms with Crippen LogP contribution >= 0.6 is 0 Å². The Labute approximate surface area is 196 Å². The maximum absolute atomic E-state index is 13.2. The quantitative estimate of drug-likeness (QED) is 0.550. The molecular formula is C26H36N2O5. The van der Waals surface area contributed by atoms with E-state index in [-0.39, 0.29) is 12.1 Å². The number of nitrogens with one attached hydrogen (secondary N) is 2. The molecule has 2 aliphatic rings. The van der Waals surface area contributed by atoms with E-state index in [9.17, 15) is 19.5 Å². The van der Waals surface area contributed by atoms with E-state index in [4.69, 9.17) is 4.74 Å². The van der Waals surface area contributed by atoms with Crippen molar-refractivity contribution in [1.82, 2.24) is 10.6 Å². The van der Waals surface area contributed by atoms with E-state index in [0.717, 1.165) is 56.1 Å². The largest absolute Gasteiger partial charge is 0.480 e. The summed E-state index contributed by atoms with van der Waals surface area (Å²) in [6, 6.07) is 4.92. The average Bonchev–Trinajstić information content (AvgIpc) is 2.76. The molecule has 1 fully saturated rings. The van der Waals surface area contributed by atoms with Crippen LogP contribution in [0.1, 0.15) is 82.4 Å². The highest BCUT2D eigenvalue weighted by molar-refractivity contribution is 5.99. The predicted molar refractivity (Wildman–Crippen MR) is 126 cm³/mol. The Balaban J connectivity index is 1.80. The van der Waals surface area contributed by atoms with Gasteiger partial charge in [0.1, 0.15) is 17.3 Å². The molecule has 1 aromatic rings. The molecule has 0 radical (unpaired) electrons. The molecule has 1 aromatic carbocycles. The molecule has 3 rings (SSSR count). The molecule has 1 atom stereocenters. The first-order valence-corrected chi connectivity index (χ1v) is 12.0. The number of ether oxygens (including phenoxy) is 1. The number of hydrogen-bond donors (Lipinski definition) is 3. The first-order chi connectivity index (χ1) is 15.6. The number of aliphatic carboxylic acids is 1. The molecule has 180 valence electrons. The van der Waals surface area contributed by atoms with E-state index in [1.165, 1.54) is 11.1 Å². The van der Waals surface area contributed by atoms with Crippen LogP contribution in [0.2, 0.25) is 0 Å². The molecule has 0 heterocycles. The fourth-order valence-electron chi connectivity index (χ4n) is 4.64. The van der Waals surface area contributed by atoms with Gasteiger partial charge in [-0.2, -0.15) is 0 Å². The molecular weight excluding hydrogens is 420 g/mol. The van der Waals surface area contributed by atoms with Gasteiger partial charge in [-0.25, -0.2) is 9.59 Å². The number of carbonyl (C=O) groups is 3. The summed E-state index contributed by atoms with van der Waals surface area (Å²) in [5.74, 6) is -1.67. The van der Waals surface area contributed by atoms with Crippen molar-refractivity contribution >= 4 is 18.0 Å². The van der Waals surface area contributed by atoms with Gasteiger partial charge in [0, 0.05) is 6.42 Å². The van der Waals surface area contributed by atoms with Gasteiger partial charge >= 0.3 is 12.1 Å². The second-order valence-electron chi connectivity index (χ2n) is 10.00. The summed E-state index contributed by atoms with van der Waals surface area (Å²) >= 11 is 0. The number of aryl methyl sites for hydroxylation is 1. The number of benzene rings is 1. The molecule has 0 unspecified atom stereocenters. The minimum atomic E-state index is -1.10. The SMILES string of the molecule is CC(C)(C)OC(=O)NC(C(=O)N[C@@H](Cc1cccc2c1CCCC2)C(=O)O)=C1CCCCC1. The van der Waals surface area contributed by atoms with Crippen molar-refractivity contribution in [3.05, 3.63) is 46.2 Å². The molecule has 0 aromatic heterocycles. The minimum absolute atomic E-state index is 0.130. The second-order valence-corrected chi connectivity index (χ2v) is 10.00. The van der Waals surface area contributed by atoms with Crippen molar-refractivity contribution < 1.29 is 24.2 Å². The Hall–Kier alpha value is -2.83. The molecule has 7 heteroatoms. The molecule has 0 saturated heterocycles. The number of carboxylic acid groups (broad SMARTS) is 1. The Kier molecular flexibility index (Phi) is 8.16. The summed E-state index contributed by atoms with van der Waals surface area (Å²) in [6.45, 7) is 5.25. The third-order valence-corrected chi connectivity index (χ3v) is 6.18. The van der Waals surface area contributed by atoms with Crippen molar-refractivity contribution in [2.75, 3.05) is 0 Å². The standard InChI is InChI=1S/C26H36N2O5/c1-26(2,3)33-25(32)28-22(18-11-5-4-6-12-18)23(29)27-21(24(30)31)16-19-14-9-13-17-10-7-8-15-20(17)19/h9,13-14,21H,4-8,10-12,15-16H2,1-3H3,(H,27,29)(H,28,32)(H,30,31)/t21-/m0/s1. The zero-order valence-corrected chi connectivity index (χ0v) is 20.0. The zero-order chi connectivity index (χ0) is 24.0. The van der Waals surface area contributed by atoms with Crippen LogP contribution in [0.25, 0.3) is 0 Å². The highest BCUT2D eigenvalue weighted by atomic mass is 16.6. The molecule has 33 heavy (non-hydrogen) atoms. The van der Waals surface area contributed by atoms with Gasteiger partial charge in [-0.3, -0.25) is 10.1 Å². The monoisotopic (exact) mass is 456 g/mol. The second kappa shape index (κ2) is 10.9. The molecule has 7 nitrogen and oxygen atoms in total. The smallest absolute Gasteiger partial charge is 0.412 e. The first kappa shape index (κ1) is 24.8. The summed E-state index contributed by atoms with van der Waals surface area (Å²) < 4.78 is 5.34. The van der Waals surface area contributed by atoms with E-state index in [1.807, 2.05) is 12.1 Å². The van der Waals surface area contributed by atoms with Gasteiger partial charge in [-0.1, -0.05) is 24.6 Å². The van der Waals surface area contributed by atoms with E-state index in [1.54, 1.807) is 20.8 Å². The Morgan fingerprint density at radius 2 is 1.67 bits per heavy atom. The van der Waals surface area contributed by atoms with Crippen LogP contribution in [0, 0.1) is 0 Å². The topological polar surface area (TPSA) is 105 Å². The van der Waals surface area contributed by atoms with Gasteiger partial charge < -0.3 is 15.2 Å². The van der Waals surface area contributed by atoms with Crippen molar-refractivity contribution in [2.24, 2.45) is 0 Å². The molecule has 0 aliphatic heterocycles. The van der Waals surface area contributed by atoms with Crippen LogP contribution in [0.4, 0.5) is 4.79 Å². The summed E-state index contributed by atoms with van der Waals surface area (Å²) in [6.07, 6.45) is 7.99. The minimum Gasteiger partial charge on any atom is -0.480 e. The number of fused-ring (bicyclic) bond motifs is 1.